The van der Waals surface area contributed by atoms with Gasteiger partial charge in [0, 0.05) is 23.1 Å². The van der Waals surface area contributed by atoms with Crippen LogP contribution in [0.25, 0.3) is 0 Å². The molecule has 0 heterocycles. The summed E-state index contributed by atoms with van der Waals surface area (Å²) in [4.78, 5) is 25.3. The van der Waals surface area contributed by atoms with Crippen LogP contribution in [-0.4, -0.2) is 30.2 Å². The zero-order valence-corrected chi connectivity index (χ0v) is 15.7. The molecule has 1 fully saturated rings. The molecule has 132 valence electrons. The second-order valence-electron chi connectivity index (χ2n) is 6.60. The number of amides is 2. The fourth-order valence-corrected chi connectivity index (χ4v) is 3.75. The van der Waals surface area contributed by atoms with Gasteiger partial charge in [-0.15, -0.1) is 11.8 Å². The molecular weight excluding hydrogens is 320 g/mol. The Balaban J connectivity index is 1.66. The Kier molecular flexibility index (Phi) is 7.16. The van der Waals surface area contributed by atoms with Crippen LogP contribution in [-0.2, 0) is 9.59 Å². The summed E-state index contributed by atoms with van der Waals surface area (Å²) >= 11 is 1.73. The lowest BCUT2D eigenvalue weighted by molar-refractivity contribution is -0.130. The predicted molar refractivity (Wildman–Crippen MR) is 99.2 cm³/mol. The first-order chi connectivity index (χ1) is 11.5. The van der Waals surface area contributed by atoms with Gasteiger partial charge >= 0.3 is 0 Å². The molecule has 24 heavy (non-hydrogen) atoms. The molecule has 0 unspecified atom stereocenters. The van der Waals surface area contributed by atoms with Gasteiger partial charge in [0.25, 0.3) is 0 Å². The van der Waals surface area contributed by atoms with Gasteiger partial charge in [-0.25, -0.2) is 0 Å². The largest absolute Gasteiger partial charge is 0.353 e. The number of thioether (sulfide) groups is 1. The van der Waals surface area contributed by atoms with Crippen molar-refractivity contribution in [3.63, 3.8) is 0 Å². The summed E-state index contributed by atoms with van der Waals surface area (Å²) in [5.74, 6) is 0.833. The molecule has 2 amide bonds. The molecule has 2 N–H and O–H groups in total. The normalized spacial score (nSPS) is 16.0. The van der Waals surface area contributed by atoms with Crippen molar-refractivity contribution in [2.24, 2.45) is 5.92 Å². The summed E-state index contributed by atoms with van der Waals surface area (Å²) in [5.41, 5.74) is 2.58. The van der Waals surface area contributed by atoms with Gasteiger partial charge in [0.1, 0.15) is 6.04 Å². The fraction of sp³-hybridized carbons (Fsp3) is 0.579. The smallest absolute Gasteiger partial charge is 0.242 e. The van der Waals surface area contributed by atoms with Crippen LogP contribution >= 0.6 is 11.8 Å². The lowest BCUT2D eigenvalue weighted by Gasteiger charge is -2.16. The minimum absolute atomic E-state index is 0.0275. The zero-order chi connectivity index (χ0) is 17.5. The summed E-state index contributed by atoms with van der Waals surface area (Å²) < 4.78 is 0. The van der Waals surface area contributed by atoms with E-state index in [1.165, 1.54) is 16.0 Å². The zero-order valence-electron chi connectivity index (χ0n) is 14.9. The van der Waals surface area contributed by atoms with Gasteiger partial charge in [-0.05, 0) is 56.9 Å². The molecule has 1 aromatic carbocycles. The van der Waals surface area contributed by atoms with Crippen molar-refractivity contribution < 1.29 is 9.59 Å². The minimum atomic E-state index is -0.468. The molecule has 1 aliphatic carbocycles. The Labute approximate surface area is 149 Å². The Hall–Kier alpha value is -1.49. The van der Waals surface area contributed by atoms with Crippen LogP contribution in [0.4, 0.5) is 0 Å². The van der Waals surface area contributed by atoms with Crippen LogP contribution in [0.15, 0.2) is 23.1 Å². The predicted octanol–water partition coefficient (Wildman–Crippen LogP) is 3.21. The van der Waals surface area contributed by atoms with E-state index < -0.39 is 6.04 Å². The van der Waals surface area contributed by atoms with Gasteiger partial charge < -0.3 is 10.6 Å². The number of aryl methyl sites for hydroxylation is 2. The van der Waals surface area contributed by atoms with Crippen LogP contribution in [0.3, 0.4) is 0 Å². The van der Waals surface area contributed by atoms with Crippen LogP contribution < -0.4 is 10.6 Å². The summed E-state index contributed by atoms with van der Waals surface area (Å²) in [6.07, 6.45) is 4.14. The third kappa shape index (κ3) is 5.55. The second-order valence-corrected chi connectivity index (χ2v) is 7.77. The molecule has 0 radical (unpaired) electrons. The van der Waals surface area contributed by atoms with E-state index in [0.29, 0.717) is 6.54 Å². The maximum absolute atomic E-state index is 12.1. The number of benzene rings is 1. The minimum Gasteiger partial charge on any atom is -0.353 e. The third-order valence-electron chi connectivity index (χ3n) is 4.63. The van der Waals surface area contributed by atoms with Gasteiger partial charge in [0.2, 0.25) is 11.8 Å². The molecule has 0 spiro atoms. The van der Waals surface area contributed by atoms with Crippen LogP contribution in [0.2, 0.25) is 0 Å². The van der Waals surface area contributed by atoms with E-state index in [-0.39, 0.29) is 17.7 Å². The summed E-state index contributed by atoms with van der Waals surface area (Å²) in [6.45, 7) is 6.56. The van der Waals surface area contributed by atoms with Crippen molar-refractivity contribution in [3.05, 3.63) is 29.3 Å². The number of nitrogens with one attached hydrogen (secondary N) is 2. The first-order valence-corrected chi connectivity index (χ1v) is 9.74. The van der Waals surface area contributed by atoms with E-state index >= 15 is 0 Å². The molecule has 2 rings (SSSR count). The number of carbonyl (C=O) groups is 2. The lowest BCUT2D eigenvalue weighted by atomic mass is 10.1. The highest BCUT2D eigenvalue weighted by Crippen LogP contribution is 2.24. The maximum atomic E-state index is 12.1. The third-order valence-corrected chi connectivity index (χ3v) is 5.62. The maximum Gasteiger partial charge on any atom is 0.242 e. The van der Waals surface area contributed by atoms with Crippen molar-refractivity contribution in [1.29, 1.82) is 0 Å². The molecule has 1 atom stereocenters. The quantitative estimate of drug-likeness (QED) is 0.588. The van der Waals surface area contributed by atoms with Crippen LogP contribution in [0.1, 0.15) is 43.7 Å². The lowest BCUT2D eigenvalue weighted by Crippen LogP contribution is -2.46. The van der Waals surface area contributed by atoms with Crippen LogP contribution in [0.5, 0.6) is 0 Å². The van der Waals surface area contributed by atoms with Crippen molar-refractivity contribution >= 4 is 23.6 Å². The van der Waals surface area contributed by atoms with E-state index in [2.05, 4.69) is 42.7 Å². The average molecular weight is 349 g/mol. The van der Waals surface area contributed by atoms with Gasteiger partial charge in [-0.3, -0.25) is 9.59 Å². The molecule has 0 aromatic heterocycles. The standard InChI is InChI=1S/C19H28N2O2S/c1-13-8-9-17(12-14(13)2)24-11-10-20-18(22)15(3)21-19(23)16-6-4-5-7-16/h8-9,12,15-16H,4-7,10-11H2,1-3H3,(H,20,22)(H,21,23)/t15-/m0/s1. The van der Waals surface area contributed by atoms with Crippen molar-refractivity contribution in [3.8, 4) is 0 Å². The van der Waals surface area contributed by atoms with E-state index in [4.69, 9.17) is 0 Å². The van der Waals surface area contributed by atoms with Gasteiger partial charge in [0.15, 0.2) is 0 Å². The first kappa shape index (κ1) is 18.8. The molecule has 1 aliphatic rings. The molecule has 1 aromatic rings. The Bertz CT molecular complexity index is 583. The van der Waals surface area contributed by atoms with Gasteiger partial charge in [0.05, 0.1) is 0 Å². The summed E-state index contributed by atoms with van der Waals surface area (Å²) in [5, 5.41) is 5.74. The number of hydrogen-bond acceptors (Lipinski definition) is 3. The Morgan fingerprint density at radius 2 is 1.92 bits per heavy atom. The summed E-state index contributed by atoms with van der Waals surface area (Å²) in [7, 11) is 0. The second kappa shape index (κ2) is 9.11. The molecule has 1 saturated carbocycles. The van der Waals surface area contributed by atoms with E-state index in [1.54, 1.807) is 18.7 Å². The fourth-order valence-electron chi connectivity index (χ4n) is 2.88. The van der Waals surface area contributed by atoms with E-state index in [0.717, 1.165) is 31.4 Å². The van der Waals surface area contributed by atoms with Crippen molar-refractivity contribution in [1.82, 2.24) is 10.6 Å². The first-order valence-electron chi connectivity index (χ1n) is 8.75. The monoisotopic (exact) mass is 348 g/mol. The van der Waals surface area contributed by atoms with Crippen molar-refractivity contribution in [2.75, 3.05) is 12.3 Å². The van der Waals surface area contributed by atoms with Gasteiger partial charge in [-0.2, -0.15) is 0 Å². The molecular formula is C19H28N2O2S. The molecule has 0 saturated heterocycles. The van der Waals surface area contributed by atoms with E-state index in [9.17, 15) is 9.59 Å². The SMILES string of the molecule is Cc1ccc(SCCNC(=O)[C@H](C)NC(=O)C2CCCC2)cc1C. The number of carbonyl (C=O) groups excluding carboxylic acids is 2. The van der Waals surface area contributed by atoms with E-state index in [1.807, 2.05) is 0 Å². The van der Waals surface area contributed by atoms with Gasteiger partial charge in [-0.1, -0.05) is 18.9 Å². The highest BCUT2D eigenvalue weighted by molar-refractivity contribution is 7.99. The molecule has 0 bridgehead atoms. The molecule has 5 heteroatoms. The Morgan fingerprint density at radius 1 is 1.21 bits per heavy atom. The highest BCUT2D eigenvalue weighted by Gasteiger charge is 2.25. The summed E-state index contributed by atoms with van der Waals surface area (Å²) in [6, 6.07) is 5.94. The Morgan fingerprint density at radius 3 is 2.58 bits per heavy atom. The number of rotatable bonds is 7. The average Bonchev–Trinajstić information content (AvgIpc) is 3.09. The van der Waals surface area contributed by atoms with Crippen LogP contribution in [0, 0.1) is 19.8 Å². The number of hydrogen-bond donors (Lipinski definition) is 2. The highest BCUT2D eigenvalue weighted by atomic mass is 32.2. The molecule has 0 aliphatic heterocycles. The molecule has 4 nitrogen and oxygen atoms in total. The van der Waals surface area contributed by atoms with Crippen molar-refractivity contribution in [2.45, 2.75) is 57.4 Å². The topological polar surface area (TPSA) is 58.2 Å².